The maximum atomic E-state index is 10.6. The molecule has 0 aliphatic heterocycles. The van der Waals surface area contributed by atoms with Crippen LogP contribution in [0.15, 0.2) is 54.6 Å². The number of aldehydes is 1. The third-order valence-corrected chi connectivity index (χ3v) is 2.33. The van der Waals surface area contributed by atoms with Crippen molar-refractivity contribution < 1.29 is 14.5 Å². The van der Waals surface area contributed by atoms with Crippen LogP contribution in [0.3, 0.4) is 0 Å². The molecular weight excluding hydrogens is 215 g/mol. The number of carbonyl (C=O) groups excluding carboxylic acids is 1. The number of hydrogen-bond donors (Lipinski definition) is 1. The minimum atomic E-state index is -1.03. The highest BCUT2D eigenvalue weighted by molar-refractivity contribution is 6.60. The van der Waals surface area contributed by atoms with Gasteiger partial charge in [0.15, 0.2) is 0 Å². The summed E-state index contributed by atoms with van der Waals surface area (Å²) in [4.78, 5) is 10.6. The molecule has 2 aromatic rings. The van der Waals surface area contributed by atoms with Crippen LogP contribution in [0.4, 0.5) is 0 Å². The second-order valence-electron chi connectivity index (χ2n) is 3.57. The summed E-state index contributed by atoms with van der Waals surface area (Å²) in [5.74, 6) is 0.464. The van der Waals surface area contributed by atoms with Crippen LogP contribution < -0.4 is 10.1 Å². The van der Waals surface area contributed by atoms with Gasteiger partial charge in [0.05, 0.1) is 0 Å². The van der Waals surface area contributed by atoms with Crippen molar-refractivity contribution in [2.24, 2.45) is 0 Å². The standard InChI is InChI=1S/C13H11BO3/c15-10-11-5-4-8-13(9-11)17-14(16)12-6-2-1-3-7-12/h1-10,16H. The van der Waals surface area contributed by atoms with Gasteiger partial charge in [-0.05, 0) is 17.6 Å². The van der Waals surface area contributed by atoms with Gasteiger partial charge in [-0.3, -0.25) is 4.79 Å². The highest BCUT2D eigenvalue weighted by atomic mass is 16.5. The van der Waals surface area contributed by atoms with Crippen molar-refractivity contribution in [2.75, 3.05) is 0 Å². The smallest absolute Gasteiger partial charge is 0.532 e. The Morgan fingerprint density at radius 2 is 1.82 bits per heavy atom. The normalized spacial score (nSPS) is 9.71. The molecular formula is C13H11BO3. The van der Waals surface area contributed by atoms with Crippen molar-refractivity contribution in [1.82, 2.24) is 0 Å². The first-order valence-corrected chi connectivity index (χ1v) is 5.24. The van der Waals surface area contributed by atoms with Gasteiger partial charge in [0.1, 0.15) is 12.0 Å². The van der Waals surface area contributed by atoms with E-state index in [1.165, 1.54) is 0 Å². The van der Waals surface area contributed by atoms with Gasteiger partial charge in [0.2, 0.25) is 0 Å². The van der Waals surface area contributed by atoms with Crippen molar-refractivity contribution >= 4 is 18.9 Å². The van der Waals surface area contributed by atoms with Crippen LogP contribution in [0.25, 0.3) is 0 Å². The molecule has 0 fully saturated rings. The Hall–Kier alpha value is -2.07. The molecule has 0 atom stereocenters. The van der Waals surface area contributed by atoms with E-state index >= 15 is 0 Å². The molecule has 17 heavy (non-hydrogen) atoms. The van der Waals surface area contributed by atoms with Gasteiger partial charge in [0.25, 0.3) is 0 Å². The Balaban J connectivity index is 2.13. The molecule has 0 bridgehead atoms. The summed E-state index contributed by atoms with van der Waals surface area (Å²) in [7, 11) is -1.03. The maximum absolute atomic E-state index is 10.6. The molecule has 0 radical (unpaired) electrons. The zero-order valence-corrected chi connectivity index (χ0v) is 9.11. The van der Waals surface area contributed by atoms with Gasteiger partial charge >= 0.3 is 7.12 Å². The van der Waals surface area contributed by atoms with E-state index in [-0.39, 0.29) is 0 Å². The van der Waals surface area contributed by atoms with E-state index in [1.807, 2.05) is 18.2 Å². The molecule has 3 nitrogen and oxygen atoms in total. The largest absolute Gasteiger partial charge is 0.560 e. The van der Waals surface area contributed by atoms with Crippen LogP contribution in [0, 0.1) is 0 Å². The first-order chi connectivity index (χ1) is 8.29. The minimum Gasteiger partial charge on any atom is -0.532 e. The highest BCUT2D eigenvalue weighted by Gasteiger charge is 2.17. The summed E-state index contributed by atoms with van der Waals surface area (Å²) in [5.41, 5.74) is 1.19. The van der Waals surface area contributed by atoms with E-state index in [0.29, 0.717) is 16.8 Å². The summed E-state index contributed by atoms with van der Waals surface area (Å²) < 4.78 is 5.34. The van der Waals surface area contributed by atoms with Crippen molar-refractivity contribution in [1.29, 1.82) is 0 Å². The van der Waals surface area contributed by atoms with E-state index in [4.69, 9.17) is 4.65 Å². The summed E-state index contributed by atoms with van der Waals surface area (Å²) in [5, 5.41) is 9.83. The van der Waals surface area contributed by atoms with E-state index in [2.05, 4.69) is 0 Å². The number of carbonyl (C=O) groups is 1. The molecule has 0 aromatic heterocycles. The molecule has 4 heteroatoms. The lowest BCUT2D eigenvalue weighted by molar-refractivity contribution is 0.112. The van der Waals surface area contributed by atoms with Crippen molar-refractivity contribution in [3.8, 4) is 5.75 Å². The minimum absolute atomic E-state index is 0.464. The van der Waals surface area contributed by atoms with Crippen LogP contribution in [-0.2, 0) is 0 Å². The third kappa shape index (κ3) is 2.95. The Kier molecular flexibility index (Phi) is 3.57. The van der Waals surface area contributed by atoms with Crippen LogP contribution in [-0.4, -0.2) is 18.4 Å². The summed E-state index contributed by atoms with van der Waals surface area (Å²) >= 11 is 0. The lowest BCUT2D eigenvalue weighted by Crippen LogP contribution is -2.36. The van der Waals surface area contributed by atoms with Crippen molar-refractivity contribution in [2.45, 2.75) is 0 Å². The molecule has 0 amide bonds. The topological polar surface area (TPSA) is 46.5 Å². The van der Waals surface area contributed by atoms with Gasteiger partial charge in [-0.25, -0.2) is 0 Å². The predicted octanol–water partition coefficient (Wildman–Crippen LogP) is 1.27. The van der Waals surface area contributed by atoms with Crippen LogP contribution in [0.5, 0.6) is 5.75 Å². The first kappa shape index (κ1) is 11.4. The van der Waals surface area contributed by atoms with Gasteiger partial charge in [-0.2, -0.15) is 0 Å². The predicted molar refractivity (Wildman–Crippen MR) is 66.5 cm³/mol. The molecule has 0 aliphatic rings. The molecule has 84 valence electrons. The maximum Gasteiger partial charge on any atom is 0.560 e. The van der Waals surface area contributed by atoms with Crippen LogP contribution >= 0.6 is 0 Å². The number of benzene rings is 2. The molecule has 0 saturated heterocycles. The Bertz CT molecular complexity index is 499. The monoisotopic (exact) mass is 226 g/mol. The van der Waals surface area contributed by atoms with Gasteiger partial charge in [0, 0.05) is 5.56 Å². The Morgan fingerprint density at radius 3 is 2.53 bits per heavy atom. The molecule has 0 unspecified atom stereocenters. The average Bonchev–Trinajstić information content (AvgIpc) is 2.40. The second-order valence-corrected chi connectivity index (χ2v) is 3.57. The molecule has 0 heterocycles. The van der Waals surface area contributed by atoms with E-state index < -0.39 is 7.12 Å². The van der Waals surface area contributed by atoms with Crippen LogP contribution in [0.2, 0.25) is 0 Å². The fourth-order valence-electron chi connectivity index (χ4n) is 1.48. The van der Waals surface area contributed by atoms with E-state index in [1.54, 1.807) is 36.4 Å². The lowest BCUT2D eigenvalue weighted by atomic mass is 9.79. The zero-order valence-electron chi connectivity index (χ0n) is 9.11. The third-order valence-electron chi connectivity index (χ3n) is 2.33. The molecule has 1 N–H and O–H groups in total. The highest BCUT2D eigenvalue weighted by Crippen LogP contribution is 2.12. The Morgan fingerprint density at radius 1 is 1.06 bits per heavy atom. The average molecular weight is 226 g/mol. The van der Waals surface area contributed by atoms with Gasteiger partial charge in [-0.1, -0.05) is 42.5 Å². The van der Waals surface area contributed by atoms with Crippen molar-refractivity contribution in [3.05, 3.63) is 60.2 Å². The molecule has 0 aliphatic carbocycles. The zero-order chi connectivity index (χ0) is 12.1. The van der Waals surface area contributed by atoms with Crippen LogP contribution in [0.1, 0.15) is 10.4 Å². The summed E-state index contributed by atoms with van der Waals surface area (Å²) in [6.45, 7) is 0. The summed E-state index contributed by atoms with van der Waals surface area (Å²) in [6.07, 6.45) is 0.738. The molecule has 2 rings (SSSR count). The number of rotatable bonds is 4. The fraction of sp³-hybridized carbons (Fsp3) is 0. The van der Waals surface area contributed by atoms with E-state index in [0.717, 1.165) is 6.29 Å². The quantitative estimate of drug-likeness (QED) is 0.630. The molecule has 2 aromatic carbocycles. The fourth-order valence-corrected chi connectivity index (χ4v) is 1.48. The number of hydrogen-bond acceptors (Lipinski definition) is 3. The SMILES string of the molecule is O=Cc1cccc(OB(O)c2ccccc2)c1. The van der Waals surface area contributed by atoms with Gasteiger partial charge in [-0.15, -0.1) is 0 Å². The summed E-state index contributed by atoms with van der Waals surface area (Å²) in [6, 6.07) is 15.7. The van der Waals surface area contributed by atoms with Gasteiger partial charge < -0.3 is 9.68 Å². The first-order valence-electron chi connectivity index (χ1n) is 5.24. The molecule has 0 spiro atoms. The van der Waals surface area contributed by atoms with E-state index in [9.17, 15) is 9.82 Å². The Labute approximate surface area is 99.8 Å². The second kappa shape index (κ2) is 5.32. The molecule has 0 saturated carbocycles. The lowest BCUT2D eigenvalue weighted by Gasteiger charge is -2.10. The van der Waals surface area contributed by atoms with Crippen molar-refractivity contribution in [3.63, 3.8) is 0 Å².